The molecule has 0 radical (unpaired) electrons. The normalized spacial score (nSPS) is 17.4. The monoisotopic (exact) mass is 418 g/mol. The van der Waals surface area contributed by atoms with Gasteiger partial charge in [-0.1, -0.05) is 18.2 Å². The van der Waals surface area contributed by atoms with Gasteiger partial charge >= 0.3 is 6.18 Å². The van der Waals surface area contributed by atoms with Gasteiger partial charge in [0.2, 0.25) is 0 Å². The second kappa shape index (κ2) is 6.93. The third-order valence-electron chi connectivity index (χ3n) is 4.16. The quantitative estimate of drug-likeness (QED) is 0.710. The van der Waals surface area contributed by atoms with Gasteiger partial charge in [-0.2, -0.15) is 21.6 Å². The fourth-order valence-electron chi connectivity index (χ4n) is 2.83. The van der Waals surface area contributed by atoms with Crippen molar-refractivity contribution >= 4 is 21.4 Å². The van der Waals surface area contributed by atoms with E-state index in [-0.39, 0.29) is 11.6 Å². The summed E-state index contributed by atoms with van der Waals surface area (Å²) in [4.78, 5) is 1.59. The van der Waals surface area contributed by atoms with Gasteiger partial charge in [0.1, 0.15) is 11.5 Å². The minimum atomic E-state index is -4.45. The number of halogens is 3. The lowest BCUT2D eigenvalue weighted by Crippen LogP contribution is -2.27. The third kappa shape index (κ3) is 4.09. The number of ether oxygens (including phenoxy) is 1. The highest BCUT2D eigenvalue weighted by molar-refractivity contribution is 7.93. The Morgan fingerprint density at radius 2 is 1.72 bits per heavy atom. The van der Waals surface area contributed by atoms with E-state index in [1.54, 1.807) is 47.5 Å². The summed E-state index contributed by atoms with van der Waals surface area (Å²) in [7, 11) is -3.68. The van der Waals surface area contributed by atoms with E-state index in [9.17, 15) is 21.6 Å². The molecule has 2 aromatic rings. The first-order valence-electron chi connectivity index (χ1n) is 8.37. The molecule has 0 aromatic heterocycles. The maximum atomic E-state index is 12.8. The number of amidine groups is 1. The van der Waals surface area contributed by atoms with Crippen molar-refractivity contribution in [1.29, 1.82) is 0 Å². The molecule has 0 bridgehead atoms. The Labute approximate surface area is 164 Å². The number of alkyl halides is 3. The van der Waals surface area contributed by atoms with Gasteiger partial charge < -0.3 is 9.64 Å². The molecule has 4 rings (SSSR count). The molecule has 0 aliphatic carbocycles. The van der Waals surface area contributed by atoms with Crippen molar-refractivity contribution in [3.63, 3.8) is 0 Å². The molecule has 2 aromatic carbocycles. The molecular weight excluding hydrogens is 405 g/mol. The SMILES string of the molecule is O=S1(=O)C=CN2C=CC=C(c3ccc(Oc4cccc(C(F)(F)F)c4)cc3)C2=N1. The Morgan fingerprint density at radius 1 is 0.966 bits per heavy atom. The highest BCUT2D eigenvalue weighted by atomic mass is 32.2. The average molecular weight is 418 g/mol. The van der Waals surface area contributed by atoms with Crippen LogP contribution >= 0.6 is 0 Å². The van der Waals surface area contributed by atoms with Gasteiger partial charge in [-0.05, 0) is 48.0 Å². The standard InChI is InChI=1S/C20H13F3N2O3S/c21-20(22,23)15-3-1-4-17(13-15)28-16-8-6-14(7-9-16)18-5-2-10-25-11-12-29(26,27)24-19(18)25/h1-13H. The van der Waals surface area contributed by atoms with Crippen molar-refractivity contribution in [3.8, 4) is 11.5 Å². The molecule has 0 N–H and O–H groups in total. The summed E-state index contributed by atoms with van der Waals surface area (Å²) < 4.78 is 71.4. The van der Waals surface area contributed by atoms with E-state index < -0.39 is 21.8 Å². The van der Waals surface area contributed by atoms with Crippen LogP contribution in [0.15, 0.2) is 82.9 Å². The summed E-state index contributed by atoms with van der Waals surface area (Å²) in [6, 6.07) is 11.1. The number of rotatable bonds is 3. The third-order valence-corrected chi connectivity index (χ3v) is 5.06. The molecular formula is C20H13F3N2O3S. The number of nitrogens with zero attached hydrogens (tertiary/aromatic N) is 2. The number of hydrogen-bond donors (Lipinski definition) is 0. The van der Waals surface area contributed by atoms with Crippen molar-refractivity contribution < 1.29 is 26.3 Å². The van der Waals surface area contributed by atoms with E-state index in [0.717, 1.165) is 17.5 Å². The highest BCUT2D eigenvalue weighted by Crippen LogP contribution is 2.33. The summed E-state index contributed by atoms with van der Waals surface area (Å²) in [6.45, 7) is 0. The number of sulfonamides is 1. The Hall–Kier alpha value is -3.33. The summed E-state index contributed by atoms with van der Waals surface area (Å²) in [5, 5.41) is 1.01. The Balaban J connectivity index is 1.58. The smallest absolute Gasteiger partial charge is 0.416 e. The van der Waals surface area contributed by atoms with E-state index in [1.165, 1.54) is 18.3 Å². The molecule has 0 atom stereocenters. The molecule has 2 aliphatic heterocycles. The van der Waals surface area contributed by atoms with Gasteiger partial charge in [-0.15, -0.1) is 4.40 Å². The predicted octanol–water partition coefficient (Wildman–Crippen LogP) is 4.92. The van der Waals surface area contributed by atoms with Crippen LogP contribution in [0, 0.1) is 0 Å². The number of allylic oxidation sites excluding steroid dienone is 2. The first-order valence-corrected chi connectivity index (χ1v) is 9.88. The fraction of sp³-hybridized carbons (Fsp3) is 0.0500. The zero-order chi connectivity index (χ0) is 20.6. The Kier molecular flexibility index (Phi) is 4.54. The largest absolute Gasteiger partial charge is 0.457 e. The number of fused-ring (bicyclic) bond motifs is 1. The van der Waals surface area contributed by atoms with Crippen molar-refractivity contribution in [2.24, 2.45) is 4.40 Å². The molecule has 0 saturated heterocycles. The zero-order valence-corrected chi connectivity index (χ0v) is 15.5. The van der Waals surface area contributed by atoms with Gasteiger partial charge in [-0.25, -0.2) is 0 Å². The van der Waals surface area contributed by atoms with Crippen molar-refractivity contribution in [2.45, 2.75) is 6.18 Å². The fourth-order valence-corrected chi connectivity index (χ4v) is 3.61. The van der Waals surface area contributed by atoms with E-state index in [2.05, 4.69) is 4.40 Å². The van der Waals surface area contributed by atoms with Crippen LogP contribution in [0.5, 0.6) is 11.5 Å². The molecule has 2 aliphatic rings. The van der Waals surface area contributed by atoms with E-state index in [0.29, 0.717) is 16.9 Å². The summed E-state index contributed by atoms with van der Waals surface area (Å²) in [5.74, 6) is 0.669. The lowest BCUT2D eigenvalue weighted by Gasteiger charge is -2.25. The second-order valence-electron chi connectivity index (χ2n) is 6.20. The molecule has 0 unspecified atom stereocenters. The molecule has 148 valence electrons. The molecule has 2 heterocycles. The average Bonchev–Trinajstić information content (AvgIpc) is 2.67. The maximum absolute atomic E-state index is 12.8. The predicted molar refractivity (Wildman–Crippen MR) is 102 cm³/mol. The van der Waals surface area contributed by atoms with E-state index >= 15 is 0 Å². The number of benzene rings is 2. The van der Waals surface area contributed by atoms with Crippen LogP contribution in [0.1, 0.15) is 11.1 Å². The van der Waals surface area contributed by atoms with Gasteiger partial charge in [0.25, 0.3) is 10.0 Å². The molecule has 29 heavy (non-hydrogen) atoms. The van der Waals surface area contributed by atoms with Crippen LogP contribution in [0.4, 0.5) is 13.2 Å². The molecule has 0 amide bonds. The van der Waals surface area contributed by atoms with Crippen LogP contribution in [0.2, 0.25) is 0 Å². The zero-order valence-electron chi connectivity index (χ0n) is 14.7. The Morgan fingerprint density at radius 3 is 2.45 bits per heavy atom. The topological polar surface area (TPSA) is 59.0 Å². The van der Waals surface area contributed by atoms with Crippen LogP contribution in [-0.2, 0) is 16.2 Å². The van der Waals surface area contributed by atoms with Gasteiger partial charge in [0.05, 0.1) is 11.0 Å². The van der Waals surface area contributed by atoms with Crippen LogP contribution in [0.25, 0.3) is 5.57 Å². The van der Waals surface area contributed by atoms with Gasteiger partial charge in [-0.3, -0.25) is 0 Å². The minimum absolute atomic E-state index is 0.0615. The molecule has 9 heteroatoms. The van der Waals surface area contributed by atoms with Gasteiger partial charge in [0.15, 0.2) is 5.84 Å². The minimum Gasteiger partial charge on any atom is -0.457 e. The van der Waals surface area contributed by atoms with Crippen LogP contribution < -0.4 is 4.74 Å². The molecule has 5 nitrogen and oxygen atoms in total. The van der Waals surface area contributed by atoms with Crippen molar-refractivity contribution in [1.82, 2.24) is 4.90 Å². The highest BCUT2D eigenvalue weighted by Gasteiger charge is 2.30. The lowest BCUT2D eigenvalue weighted by molar-refractivity contribution is -0.137. The summed E-state index contributed by atoms with van der Waals surface area (Å²) in [6.07, 6.45) is 2.12. The molecule has 0 spiro atoms. The van der Waals surface area contributed by atoms with Crippen LogP contribution in [-0.4, -0.2) is 19.2 Å². The van der Waals surface area contributed by atoms with E-state index in [4.69, 9.17) is 4.74 Å². The summed E-state index contributed by atoms with van der Waals surface area (Å²) in [5.41, 5.74) is 0.474. The lowest BCUT2D eigenvalue weighted by atomic mass is 10.0. The van der Waals surface area contributed by atoms with Gasteiger partial charge in [0, 0.05) is 18.0 Å². The Bertz CT molecular complexity index is 1180. The van der Waals surface area contributed by atoms with Crippen LogP contribution in [0.3, 0.4) is 0 Å². The van der Waals surface area contributed by atoms with Crippen molar-refractivity contribution in [2.75, 3.05) is 0 Å². The first kappa shape index (κ1) is 19.0. The molecule has 0 saturated carbocycles. The second-order valence-corrected chi connectivity index (χ2v) is 7.68. The summed E-state index contributed by atoms with van der Waals surface area (Å²) >= 11 is 0. The molecule has 0 fully saturated rings. The van der Waals surface area contributed by atoms with E-state index in [1.807, 2.05) is 0 Å². The number of hydrogen-bond acceptors (Lipinski definition) is 4. The first-order chi connectivity index (χ1) is 13.7. The maximum Gasteiger partial charge on any atom is 0.416 e. The van der Waals surface area contributed by atoms with Crippen molar-refractivity contribution in [3.05, 3.63) is 89.6 Å².